The summed E-state index contributed by atoms with van der Waals surface area (Å²) in [7, 11) is 0. The number of amides is 1. The first kappa shape index (κ1) is 17.7. The highest BCUT2D eigenvalue weighted by atomic mass is 16.6. The van der Waals surface area contributed by atoms with Gasteiger partial charge in [0.15, 0.2) is 11.5 Å². The van der Waals surface area contributed by atoms with Crippen molar-refractivity contribution in [3.05, 3.63) is 54.6 Å². The fourth-order valence-corrected chi connectivity index (χ4v) is 3.65. The van der Waals surface area contributed by atoms with Gasteiger partial charge in [0.1, 0.15) is 12.4 Å². The van der Waals surface area contributed by atoms with E-state index in [1.807, 2.05) is 59.5 Å². The van der Waals surface area contributed by atoms with E-state index in [1.54, 1.807) is 0 Å². The van der Waals surface area contributed by atoms with Crippen molar-refractivity contribution in [1.82, 2.24) is 4.90 Å². The van der Waals surface area contributed by atoms with Gasteiger partial charge in [-0.05, 0) is 49.4 Å². The SMILES string of the molecule is O=C([C@@H]1COc2ccccc2O1)N1CCC(CCOc2ccccc2)CC1. The predicted molar refractivity (Wildman–Crippen MR) is 102 cm³/mol. The van der Waals surface area contributed by atoms with Crippen molar-refractivity contribution in [3.8, 4) is 17.2 Å². The number of likely N-dealkylation sites (tertiary alicyclic amines) is 1. The highest BCUT2D eigenvalue weighted by Gasteiger charge is 2.32. The van der Waals surface area contributed by atoms with Crippen LogP contribution in [0.15, 0.2) is 54.6 Å². The van der Waals surface area contributed by atoms with Crippen LogP contribution in [0.4, 0.5) is 0 Å². The highest BCUT2D eigenvalue weighted by Crippen LogP contribution is 2.32. The number of rotatable bonds is 5. The van der Waals surface area contributed by atoms with E-state index >= 15 is 0 Å². The largest absolute Gasteiger partial charge is 0.494 e. The second kappa shape index (κ2) is 8.33. The normalized spacial score (nSPS) is 19.6. The Bertz CT molecular complexity index is 756. The Morgan fingerprint density at radius 3 is 2.48 bits per heavy atom. The lowest BCUT2D eigenvalue weighted by Gasteiger charge is -2.35. The van der Waals surface area contributed by atoms with Crippen molar-refractivity contribution in [1.29, 1.82) is 0 Å². The number of carbonyl (C=O) groups excluding carboxylic acids is 1. The molecule has 4 rings (SSSR count). The van der Waals surface area contributed by atoms with Crippen LogP contribution in [0.1, 0.15) is 19.3 Å². The van der Waals surface area contributed by atoms with E-state index in [0.717, 1.165) is 44.7 Å². The summed E-state index contributed by atoms with van der Waals surface area (Å²) in [5.41, 5.74) is 0. The van der Waals surface area contributed by atoms with Crippen LogP contribution >= 0.6 is 0 Å². The second-order valence-electron chi connectivity index (χ2n) is 7.08. The van der Waals surface area contributed by atoms with Crippen LogP contribution in [0, 0.1) is 5.92 Å². The lowest BCUT2D eigenvalue weighted by molar-refractivity contribution is -0.142. The number of carbonyl (C=O) groups is 1. The first-order chi connectivity index (χ1) is 13.3. The van der Waals surface area contributed by atoms with Crippen LogP contribution in [0.5, 0.6) is 17.2 Å². The summed E-state index contributed by atoms with van der Waals surface area (Å²) in [6.07, 6.45) is 2.49. The molecule has 2 heterocycles. The van der Waals surface area contributed by atoms with Crippen molar-refractivity contribution in [2.24, 2.45) is 5.92 Å². The maximum atomic E-state index is 12.8. The molecule has 0 aromatic heterocycles. The Morgan fingerprint density at radius 2 is 1.70 bits per heavy atom. The summed E-state index contributed by atoms with van der Waals surface area (Å²) in [6.45, 7) is 2.55. The summed E-state index contributed by atoms with van der Waals surface area (Å²) in [4.78, 5) is 14.7. The van der Waals surface area contributed by atoms with E-state index < -0.39 is 6.10 Å². The molecule has 5 nitrogen and oxygen atoms in total. The van der Waals surface area contributed by atoms with Gasteiger partial charge in [-0.2, -0.15) is 0 Å². The fraction of sp³-hybridized carbons (Fsp3) is 0.409. The van der Waals surface area contributed by atoms with Crippen molar-refractivity contribution in [3.63, 3.8) is 0 Å². The maximum absolute atomic E-state index is 12.8. The molecule has 2 aliphatic rings. The fourth-order valence-electron chi connectivity index (χ4n) is 3.65. The standard InChI is InChI=1S/C22H25NO4/c24-22(21-16-26-19-8-4-5-9-20(19)27-21)23-13-10-17(11-14-23)12-15-25-18-6-2-1-3-7-18/h1-9,17,21H,10-16H2/t21-/m0/s1. The van der Waals surface area contributed by atoms with Gasteiger partial charge in [0.25, 0.3) is 5.91 Å². The van der Waals surface area contributed by atoms with Gasteiger partial charge in [0, 0.05) is 13.1 Å². The lowest BCUT2D eigenvalue weighted by atomic mass is 9.93. The van der Waals surface area contributed by atoms with Crippen LogP contribution in [0.3, 0.4) is 0 Å². The quantitative estimate of drug-likeness (QED) is 0.811. The van der Waals surface area contributed by atoms with Crippen LogP contribution in [0.25, 0.3) is 0 Å². The molecule has 0 radical (unpaired) electrons. The molecule has 1 saturated heterocycles. The highest BCUT2D eigenvalue weighted by molar-refractivity contribution is 5.82. The molecule has 0 aliphatic carbocycles. The van der Waals surface area contributed by atoms with E-state index in [0.29, 0.717) is 17.4 Å². The molecule has 0 unspecified atom stereocenters. The molecule has 2 aromatic carbocycles. The molecule has 2 aromatic rings. The lowest BCUT2D eigenvalue weighted by Crippen LogP contribution is -2.49. The average molecular weight is 367 g/mol. The van der Waals surface area contributed by atoms with Gasteiger partial charge in [0.05, 0.1) is 6.61 Å². The first-order valence-electron chi connectivity index (χ1n) is 9.65. The maximum Gasteiger partial charge on any atom is 0.267 e. The molecular weight excluding hydrogens is 342 g/mol. The van der Waals surface area contributed by atoms with Crippen molar-refractivity contribution in [2.45, 2.75) is 25.4 Å². The van der Waals surface area contributed by atoms with Crippen molar-refractivity contribution < 1.29 is 19.0 Å². The minimum absolute atomic E-state index is 0.0310. The van der Waals surface area contributed by atoms with Crippen molar-refractivity contribution >= 4 is 5.91 Å². The Hall–Kier alpha value is -2.69. The zero-order valence-electron chi connectivity index (χ0n) is 15.4. The number of nitrogens with zero attached hydrogens (tertiary/aromatic N) is 1. The van der Waals surface area contributed by atoms with Crippen LogP contribution in [-0.4, -0.2) is 43.2 Å². The van der Waals surface area contributed by atoms with Crippen LogP contribution in [0.2, 0.25) is 0 Å². The number of ether oxygens (including phenoxy) is 3. The number of fused-ring (bicyclic) bond motifs is 1. The third-order valence-corrected chi connectivity index (χ3v) is 5.25. The molecule has 1 amide bonds. The van der Waals surface area contributed by atoms with Crippen LogP contribution < -0.4 is 14.2 Å². The van der Waals surface area contributed by atoms with Crippen molar-refractivity contribution in [2.75, 3.05) is 26.3 Å². The Kier molecular flexibility index (Phi) is 5.47. The summed E-state index contributed by atoms with van der Waals surface area (Å²) in [5, 5.41) is 0. The average Bonchev–Trinajstić information content (AvgIpc) is 2.74. The van der Waals surface area contributed by atoms with Gasteiger partial charge in [0.2, 0.25) is 6.10 Å². The molecule has 27 heavy (non-hydrogen) atoms. The number of benzene rings is 2. The Labute approximate surface area is 159 Å². The van der Waals surface area contributed by atoms with E-state index in [9.17, 15) is 4.79 Å². The van der Waals surface area contributed by atoms with E-state index in [2.05, 4.69) is 0 Å². The molecule has 1 fully saturated rings. The molecule has 0 N–H and O–H groups in total. The zero-order chi connectivity index (χ0) is 18.5. The van der Waals surface area contributed by atoms with Gasteiger partial charge in [-0.1, -0.05) is 30.3 Å². The molecule has 1 atom stereocenters. The number of piperidine rings is 1. The Balaban J connectivity index is 1.22. The molecule has 2 aliphatic heterocycles. The predicted octanol–water partition coefficient (Wildman–Crippen LogP) is 3.53. The molecule has 0 saturated carbocycles. The van der Waals surface area contributed by atoms with Gasteiger partial charge >= 0.3 is 0 Å². The minimum atomic E-state index is -0.544. The van der Waals surface area contributed by atoms with E-state index in [1.165, 1.54) is 0 Å². The minimum Gasteiger partial charge on any atom is -0.494 e. The third kappa shape index (κ3) is 4.35. The second-order valence-corrected chi connectivity index (χ2v) is 7.08. The van der Waals surface area contributed by atoms with Gasteiger partial charge in [-0.15, -0.1) is 0 Å². The molecule has 0 spiro atoms. The van der Waals surface area contributed by atoms with E-state index in [-0.39, 0.29) is 12.5 Å². The van der Waals surface area contributed by atoms with Crippen LogP contribution in [-0.2, 0) is 4.79 Å². The van der Waals surface area contributed by atoms with Gasteiger partial charge in [-0.25, -0.2) is 0 Å². The first-order valence-corrected chi connectivity index (χ1v) is 9.65. The Morgan fingerprint density at radius 1 is 1.00 bits per heavy atom. The molecule has 142 valence electrons. The van der Waals surface area contributed by atoms with Gasteiger partial charge < -0.3 is 19.1 Å². The van der Waals surface area contributed by atoms with E-state index in [4.69, 9.17) is 14.2 Å². The summed E-state index contributed by atoms with van der Waals surface area (Å²) >= 11 is 0. The number of hydrogen-bond acceptors (Lipinski definition) is 4. The number of hydrogen-bond donors (Lipinski definition) is 0. The molecule has 5 heteroatoms. The topological polar surface area (TPSA) is 48.0 Å². The zero-order valence-corrected chi connectivity index (χ0v) is 15.4. The summed E-state index contributed by atoms with van der Waals surface area (Å²) in [6, 6.07) is 17.4. The molecule has 0 bridgehead atoms. The molecular formula is C22H25NO4. The smallest absolute Gasteiger partial charge is 0.267 e. The summed E-state index contributed by atoms with van der Waals surface area (Å²) < 4.78 is 17.3. The van der Waals surface area contributed by atoms with Gasteiger partial charge in [-0.3, -0.25) is 4.79 Å². The monoisotopic (exact) mass is 367 g/mol. The summed E-state index contributed by atoms with van der Waals surface area (Å²) in [5.74, 6) is 2.90. The third-order valence-electron chi connectivity index (χ3n) is 5.25. The number of para-hydroxylation sites is 3.